The van der Waals surface area contributed by atoms with Crippen LogP contribution in [0.15, 0.2) is 12.1 Å². The minimum atomic E-state index is 0.00147. The van der Waals surface area contributed by atoms with Gasteiger partial charge in [-0.1, -0.05) is 26.2 Å². The molecule has 0 radical (unpaired) electrons. The van der Waals surface area contributed by atoms with Crippen molar-refractivity contribution in [2.75, 3.05) is 13.1 Å². The fraction of sp³-hybridized carbons (Fsp3) is 0.600. The van der Waals surface area contributed by atoms with E-state index in [0.29, 0.717) is 0 Å². The standard InChI is InChI=1S/C15H23NO2/c1-2-3-4-5-7-16-8-6-12-9-14(17)15(18)10-13(12)11-16/h9-10,17-18H,2-8,11H2,1H3. The van der Waals surface area contributed by atoms with Crippen molar-refractivity contribution in [2.45, 2.75) is 45.6 Å². The Morgan fingerprint density at radius 1 is 1.06 bits per heavy atom. The number of aromatic hydroxyl groups is 2. The average Bonchev–Trinajstić information content (AvgIpc) is 2.36. The highest BCUT2D eigenvalue weighted by Gasteiger charge is 2.17. The van der Waals surface area contributed by atoms with Gasteiger partial charge in [-0.25, -0.2) is 0 Å². The molecular weight excluding hydrogens is 226 g/mol. The van der Waals surface area contributed by atoms with Crippen molar-refractivity contribution in [1.82, 2.24) is 4.90 Å². The normalized spacial score (nSPS) is 15.6. The maximum atomic E-state index is 9.54. The lowest BCUT2D eigenvalue weighted by Gasteiger charge is -2.29. The highest BCUT2D eigenvalue weighted by molar-refractivity contribution is 5.46. The Hall–Kier alpha value is -1.22. The molecule has 0 unspecified atom stereocenters. The lowest BCUT2D eigenvalue weighted by atomic mass is 9.98. The summed E-state index contributed by atoms with van der Waals surface area (Å²) in [5, 5.41) is 19.0. The first-order chi connectivity index (χ1) is 8.70. The Bertz CT molecular complexity index is 404. The van der Waals surface area contributed by atoms with Gasteiger partial charge in [-0.3, -0.25) is 4.90 Å². The summed E-state index contributed by atoms with van der Waals surface area (Å²) in [5.41, 5.74) is 2.34. The molecule has 1 aromatic carbocycles. The van der Waals surface area contributed by atoms with Gasteiger partial charge in [0.15, 0.2) is 11.5 Å². The number of nitrogens with zero attached hydrogens (tertiary/aromatic N) is 1. The number of fused-ring (bicyclic) bond motifs is 1. The van der Waals surface area contributed by atoms with Crippen LogP contribution < -0.4 is 0 Å². The molecule has 1 heterocycles. The number of rotatable bonds is 5. The number of phenolic OH excluding ortho intramolecular Hbond substituents is 2. The average molecular weight is 249 g/mol. The second-order valence-corrected chi connectivity index (χ2v) is 5.20. The molecule has 0 spiro atoms. The maximum Gasteiger partial charge on any atom is 0.157 e. The molecule has 2 N–H and O–H groups in total. The summed E-state index contributed by atoms with van der Waals surface area (Å²) in [6.07, 6.45) is 6.12. The maximum absolute atomic E-state index is 9.54. The van der Waals surface area contributed by atoms with Crippen LogP contribution >= 0.6 is 0 Å². The van der Waals surface area contributed by atoms with E-state index in [2.05, 4.69) is 11.8 Å². The fourth-order valence-corrected chi connectivity index (χ4v) is 2.59. The third-order valence-electron chi connectivity index (χ3n) is 3.72. The highest BCUT2D eigenvalue weighted by atomic mass is 16.3. The second-order valence-electron chi connectivity index (χ2n) is 5.20. The molecule has 0 saturated carbocycles. The summed E-state index contributed by atoms with van der Waals surface area (Å²) in [5.74, 6) is 0.00623. The van der Waals surface area contributed by atoms with Crippen LogP contribution in [-0.2, 0) is 13.0 Å². The molecule has 0 saturated heterocycles. The summed E-state index contributed by atoms with van der Waals surface area (Å²) in [4.78, 5) is 2.44. The quantitative estimate of drug-likeness (QED) is 0.622. The van der Waals surface area contributed by atoms with Gasteiger partial charge >= 0.3 is 0 Å². The zero-order chi connectivity index (χ0) is 13.0. The molecule has 100 valence electrons. The van der Waals surface area contributed by atoms with Gasteiger partial charge in [0.25, 0.3) is 0 Å². The molecule has 1 aromatic rings. The lowest BCUT2D eigenvalue weighted by Crippen LogP contribution is -2.31. The molecule has 0 aliphatic carbocycles. The minimum Gasteiger partial charge on any atom is -0.504 e. The van der Waals surface area contributed by atoms with Gasteiger partial charge in [0, 0.05) is 13.1 Å². The van der Waals surface area contributed by atoms with Crippen molar-refractivity contribution in [2.24, 2.45) is 0 Å². The topological polar surface area (TPSA) is 43.7 Å². The van der Waals surface area contributed by atoms with Gasteiger partial charge in [-0.2, -0.15) is 0 Å². The molecule has 2 rings (SSSR count). The van der Waals surface area contributed by atoms with Crippen molar-refractivity contribution >= 4 is 0 Å². The van der Waals surface area contributed by atoms with Crippen molar-refractivity contribution in [1.29, 1.82) is 0 Å². The van der Waals surface area contributed by atoms with Crippen molar-refractivity contribution in [3.05, 3.63) is 23.3 Å². The molecule has 0 bridgehead atoms. The molecule has 0 atom stereocenters. The molecule has 3 nitrogen and oxygen atoms in total. The Morgan fingerprint density at radius 3 is 2.50 bits per heavy atom. The number of benzene rings is 1. The van der Waals surface area contributed by atoms with E-state index in [4.69, 9.17) is 0 Å². The summed E-state index contributed by atoms with van der Waals surface area (Å²) in [6, 6.07) is 3.42. The van der Waals surface area contributed by atoms with Crippen LogP contribution in [0.4, 0.5) is 0 Å². The molecule has 0 fully saturated rings. The second kappa shape index (κ2) is 6.10. The number of hydrogen-bond acceptors (Lipinski definition) is 3. The molecule has 18 heavy (non-hydrogen) atoms. The summed E-state index contributed by atoms with van der Waals surface area (Å²) < 4.78 is 0. The summed E-state index contributed by atoms with van der Waals surface area (Å²) in [6.45, 7) is 5.33. The Morgan fingerprint density at radius 2 is 1.78 bits per heavy atom. The predicted octanol–water partition coefficient (Wildman–Crippen LogP) is 3.04. The first-order valence-electron chi connectivity index (χ1n) is 6.96. The first kappa shape index (κ1) is 13.2. The van der Waals surface area contributed by atoms with E-state index in [1.807, 2.05) is 0 Å². The van der Waals surface area contributed by atoms with Crippen LogP contribution in [0, 0.1) is 0 Å². The third kappa shape index (κ3) is 3.16. The third-order valence-corrected chi connectivity index (χ3v) is 3.72. The number of hydrogen-bond donors (Lipinski definition) is 2. The van der Waals surface area contributed by atoms with Crippen molar-refractivity contribution < 1.29 is 10.2 Å². The van der Waals surface area contributed by atoms with Gasteiger partial charge in [-0.15, -0.1) is 0 Å². The smallest absolute Gasteiger partial charge is 0.157 e. The van der Waals surface area contributed by atoms with Crippen LogP contribution in [0.3, 0.4) is 0 Å². The Balaban J connectivity index is 1.91. The van der Waals surface area contributed by atoms with E-state index < -0.39 is 0 Å². The van der Waals surface area contributed by atoms with Crippen molar-refractivity contribution in [3.8, 4) is 11.5 Å². The molecular formula is C15H23NO2. The van der Waals surface area contributed by atoms with Gasteiger partial charge < -0.3 is 10.2 Å². The molecule has 0 amide bonds. The highest BCUT2D eigenvalue weighted by Crippen LogP contribution is 2.31. The Kier molecular flexibility index (Phi) is 4.48. The number of phenols is 2. The van der Waals surface area contributed by atoms with Crippen LogP contribution in [0.2, 0.25) is 0 Å². The molecule has 0 aromatic heterocycles. The van der Waals surface area contributed by atoms with Crippen molar-refractivity contribution in [3.63, 3.8) is 0 Å². The van der Waals surface area contributed by atoms with Crippen LogP contribution in [-0.4, -0.2) is 28.2 Å². The van der Waals surface area contributed by atoms with Gasteiger partial charge in [0.05, 0.1) is 0 Å². The van der Waals surface area contributed by atoms with E-state index in [9.17, 15) is 10.2 Å². The van der Waals surface area contributed by atoms with E-state index in [1.165, 1.54) is 31.2 Å². The van der Waals surface area contributed by atoms with E-state index in [0.717, 1.165) is 31.6 Å². The zero-order valence-corrected chi connectivity index (χ0v) is 11.2. The molecule has 3 heteroatoms. The summed E-state index contributed by atoms with van der Waals surface area (Å²) in [7, 11) is 0. The lowest BCUT2D eigenvalue weighted by molar-refractivity contribution is 0.247. The van der Waals surface area contributed by atoms with Gasteiger partial charge in [-0.05, 0) is 42.6 Å². The minimum absolute atomic E-state index is 0.00147. The predicted molar refractivity (Wildman–Crippen MR) is 72.9 cm³/mol. The van der Waals surface area contributed by atoms with Gasteiger partial charge in [0.2, 0.25) is 0 Å². The monoisotopic (exact) mass is 249 g/mol. The van der Waals surface area contributed by atoms with Crippen LogP contribution in [0.5, 0.6) is 11.5 Å². The first-order valence-corrected chi connectivity index (χ1v) is 6.96. The fourth-order valence-electron chi connectivity index (χ4n) is 2.59. The van der Waals surface area contributed by atoms with Gasteiger partial charge in [0.1, 0.15) is 0 Å². The van der Waals surface area contributed by atoms with E-state index >= 15 is 0 Å². The molecule has 1 aliphatic rings. The SMILES string of the molecule is CCCCCCN1CCc2cc(O)c(O)cc2C1. The number of unbranched alkanes of at least 4 members (excludes halogenated alkanes) is 3. The van der Waals surface area contributed by atoms with E-state index in [1.54, 1.807) is 12.1 Å². The van der Waals surface area contributed by atoms with E-state index in [-0.39, 0.29) is 11.5 Å². The zero-order valence-electron chi connectivity index (χ0n) is 11.2. The van der Waals surface area contributed by atoms with Crippen LogP contribution in [0.1, 0.15) is 43.7 Å². The Labute approximate surface area is 109 Å². The van der Waals surface area contributed by atoms with Crippen LogP contribution in [0.25, 0.3) is 0 Å². The summed E-state index contributed by atoms with van der Waals surface area (Å²) >= 11 is 0. The molecule has 1 aliphatic heterocycles. The largest absolute Gasteiger partial charge is 0.504 e.